The van der Waals surface area contributed by atoms with E-state index in [1.54, 1.807) is 29.6 Å². The molecule has 2 aromatic heterocycles. The smallest absolute Gasteiger partial charge is 0.221 e. The minimum Gasteiger partial charge on any atom is -1.00 e. The van der Waals surface area contributed by atoms with Crippen LogP contribution in [0.25, 0.3) is 20.8 Å². The van der Waals surface area contributed by atoms with Gasteiger partial charge in [0.1, 0.15) is 10.0 Å². The van der Waals surface area contributed by atoms with Crippen LogP contribution in [0.5, 0.6) is 0 Å². The Balaban J connectivity index is 0.00000196. The number of benzene rings is 1. The van der Waals surface area contributed by atoms with Crippen LogP contribution in [0.1, 0.15) is 31.2 Å². The molecular formula is C19H21ClN3OS2-. The van der Waals surface area contributed by atoms with Gasteiger partial charge in [0.25, 0.3) is 0 Å². The van der Waals surface area contributed by atoms with Gasteiger partial charge in [0.2, 0.25) is 5.91 Å². The van der Waals surface area contributed by atoms with Gasteiger partial charge in [-0.05, 0) is 38.0 Å². The summed E-state index contributed by atoms with van der Waals surface area (Å²) in [6.07, 6.45) is 1.01. The Bertz CT molecular complexity index is 915. The van der Waals surface area contributed by atoms with E-state index < -0.39 is 0 Å². The molecule has 4 nitrogen and oxygen atoms in total. The van der Waals surface area contributed by atoms with E-state index in [1.807, 2.05) is 18.2 Å². The zero-order valence-corrected chi connectivity index (χ0v) is 17.4. The fraction of sp³-hybridized carbons (Fsp3) is 0.368. The van der Waals surface area contributed by atoms with Gasteiger partial charge in [0.05, 0.1) is 10.2 Å². The zero-order chi connectivity index (χ0) is 17.6. The quantitative estimate of drug-likeness (QED) is 0.720. The largest absolute Gasteiger partial charge is 1.00 e. The summed E-state index contributed by atoms with van der Waals surface area (Å²) >= 11 is 3.42. The van der Waals surface area contributed by atoms with Gasteiger partial charge in [0, 0.05) is 36.5 Å². The van der Waals surface area contributed by atoms with Crippen LogP contribution in [0, 0.1) is 0 Å². The molecule has 3 heterocycles. The van der Waals surface area contributed by atoms with E-state index in [1.165, 1.54) is 15.1 Å². The molecule has 0 saturated heterocycles. The Labute approximate surface area is 167 Å². The number of rotatable bonds is 3. The lowest BCUT2D eigenvalue weighted by Gasteiger charge is -2.30. The van der Waals surface area contributed by atoms with Crippen molar-refractivity contribution in [2.45, 2.75) is 39.8 Å². The van der Waals surface area contributed by atoms with Gasteiger partial charge >= 0.3 is 0 Å². The number of thiazole rings is 1. The number of halogens is 1. The number of nitrogens with one attached hydrogen (secondary N) is 1. The number of carbonyl (C=O) groups is 1. The summed E-state index contributed by atoms with van der Waals surface area (Å²) in [7, 11) is 0. The molecule has 1 N–H and O–H groups in total. The molecule has 4 rings (SSSR count). The van der Waals surface area contributed by atoms with Crippen LogP contribution in [-0.4, -0.2) is 28.4 Å². The number of anilines is 1. The van der Waals surface area contributed by atoms with Crippen molar-refractivity contribution in [2.75, 3.05) is 11.9 Å². The highest BCUT2D eigenvalue weighted by atomic mass is 35.5. The molecule has 0 spiro atoms. The highest BCUT2D eigenvalue weighted by Crippen LogP contribution is 2.45. The molecule has 1 aliphatic rings. The van der Waals surface area contributed by atoms with Crippen LogP contribution in [0.15, 0.2) is 24.3 Å². The molecule has 0 fully saturated rings. The van der Waals surface area contributed by atoms with Crippen molar-refractivity contribution in [3.63, 3.8) is 0 Å². The van der Waals surface area contributed by atoms with Gasteiger partial charge in [0.15, 0.2) is 0 Å². The maximum atomic E-state index is 11.7. The van der Waals surface area contributed by atoms with Crippen molar-refractivity contribution in [3.8, 4) is 10.6 Å². The number of nitrogens with zero attached hydrogens (tertiary/aromatic N) is 2. The maximum Gasteiger partial charge on any atom is 0.221 e. The first kappa shape index (κ1) is 19.3. The van der Waals surface area contributed by atoms with E-state index in [4.69, 9.17) is 4.98 Å². The molecule has 138 valence electrons. The Morgan fingerprint density at radius 1 is 1.27 bits per heavy atom. The number of aromatic nitrogens is 1. The van der Waals surface area contributed by atoms with Crippen molar-refractivity contribution in [3.05, 3.63) is 34.7 Å². The van der Waals surface area contributed by atoms with Crippen LogP contribution < -0.4 is 17.7 Å². The molecule has 1 amide bonds. The Kier molecular flexibility index (Phi) is 5.67. The van der Waals surface area contributed by atoms with Crippen molar-refractivity contribution in [1.82, 2.24) is 9.88 Å². The normalized spacial score (nSPS) is 14.3. The second kappa shape index (κ2) is 7.64. The number of amides is 1. The van der Waals surface area contributed by atoms with Gasteiger partial charge in [-0.3, -0.25) is 9.69 Å². The second-order valence-corrected chi connectivity index (χ2v) is 8.83. The predicted octanol–water partition coefficient (Wildman–Crippen LogP) is 1.75. The third kappa shape index (κ3) is 3.51. The molecule has 26 heavy (non-hydrogen) atoms. The summed E-state index contributed by atoms with van der Waals surface area (Å²) in [6.45, 7) is 8.05. The maximum absolute atomic E-state index is 11.7. The molecule has 1 aliphatic heterocycles. The molecule has 1 aromatic carbocycles. The second-order valence-electron chi connectivity index (χ2n) is 6.69. The van der Waals surface area contributed by atoms with Gasteiger partial charge < -0.3 is 17.7 Å². The van der Waals surface area contributed by atoms with E-state index in [0.717, 1.165) is 40.6 Å². The van der Waals surface area contributed by atoms with Crippen molar-refractivity contribution in [1.29, 1.82) is 0 Å². The topological polar surface area (TPSA) is 45.2 Å². The monoisotopic (exact) mass is 406 g/mol. The third-order valence-electron chi connectivity index (χ3n) is 4.61. The number of para-hydroxylation sites is 1. The molecule has 0 saturated carbocycles. The molecule has 3 aromatic rings. The number of carbonyl (C=O) groups excluding carboxylic acids is 1. The number of hydrogen-bond donors (Lipinski definition) is 1. The summed E-state index contributed by atoms with van der Waals surface area (Å²) in [6, 6.07) is 8.75. The van der Waals surface area contributed by atoms with Crippen LogP contribution >= 0.6 is 22.7 Å². The van der Waals surface area contributed by atoms with Crippen molar-refractivity contribution >= 4 is 43.8 Å². The summed E-state index contributed by atoms with van der Waals surface area (Å²) < 4.78 is 1.19. The molecule has 0 bridgehead atoms. The lowest BCUT2D eigenvalue weighted by atomic mass is 10.0. The molecule has 0 unspecified atom stereocenters. The first-order valence-corrected chi connectivity index (χ1v) is 10.2. The van der Waals surface area contributed by atoms with E-state index in [0.29, 0.717) is 6.04 Å². The molecule has 0 aliphatic carbocycles. The van der Waals surface area contributed by atoms with E-state index in [9.17, 15) is 4.79 Å². The standard InChI is InChI=1S/C19H21N3OS2.ClH/c1-11(2)22-9-8-13-16(10-22)25-18(20-12(3)23)17(13)19-21-14-6-4-5-7-15(14)24-19;/h4-7,11H,8-10H2,1-3H3,(H,20,23);1H/p-1. The van der Waals surface area contributed by atoms with Gasteiger partial charge in [-0.1, -0.05) is 12.1 Å². The molecule has 7 heteroatoms. The molecule has 0 radical (unpaired) electrons. The molecular weight excluding hydrogens is 386 g/mol. The summed E-state index contributed by atoms with van der Waals surface area (Å²) in [5.74, 6) is -0.0262. The van der Waals surface area contributed by atoms with E-state index in [-0.39, 0.29) is 18.3 Å². The fourth-order valence-corrected chi connectivity index (χ4v) is 5.75. The minimum atomic E-state index is -0.0262. The highest BCUT2D eigenvalue weighted by molar-refractivity contribution is 7.22. The average Bonchev–Trinajstić information content (AvgIpc) is 3.13. The van der Waals surface area contributed by atoms with Gasteiger partial charge in [-0.15, -0.1) is 22.7 Å². The first-order chi connectivity index (χ1) is 12.0. The summed E-state index contributed by atoms with van der Waals surface area (Å²) in [5.41, 5.74) is 3.53. The minimum absolute atomic E-state index is 0. The third-order valence-corrected chi connectivity index (χ3v) is 6.80. The first-order valence-electron chi connectivity index (χ1n) is 8.55. The SMILES string of the molecule is CC(=O)Nc1sc2c(c1-c1nc3ccccc3s1)CCN(C(C)C)C2.[Cl-]. The van der Waals surface area contributed by atoms with E-state index >= 15 is 0 Å². The van der Waals surface area contributed by atoms with Crippen LogP contribution in [0.3, 0.4) is 0 Å². The van der Waals surface area contributed by atoms with Crippen molar-refractivity contribution < 1.29 is 17.2 Å². The Hall–Kier alpha value is -1.47. The van der Waals surface area contributed by atoms with Crippen LogP contribution in [-0.2, 0) is 17.8 Å². The van der Waals surface area contributed by atoms with Gasteiger partial charge in [-0.25, -0.2) is 4.98 Å². The van der Waals surface area contributed by atoms with Gasteiger partial charge in [-0.2, -0.15) is 0 Å². The number of fused-ring (bicyclic) bond motifs is 2. The highest BCUT2D eigenvalue weighted by Gasteiger charge is 2.28. The van der Waals surface area contributed by atoms with Crippen molar-refractivity contribution in [2.24, 2.45) is 0 Å². The number of hydrogen-bond acceptors (Lipinski definition) is 5. The zero-order valence-electron chi connectivity index (χ0n) is 15.0. The fourth-order valence-electron chi connectivity index (χ4n) is 3.32. The van der Waals surface area contributed by atoms with Crippen LogP contribution in [0.4, 0.5) is 5.00 Å². The lowest BCUT2D eigenvalue weighted by molar-refractivity contribution is -0.114. The predicted molar refractivity (Wildman–Crippen MR) is 106 cm³/mol. The lowest BCUT2D eigenvalue weighted by Crippen LogP contribution is -3.00. The number of thiophene rings is 1. The molecule has 0 atom stereocenters. The Morgan fingerprint density at radius 2 is 2.04 bits per heavy atom. The Morgan fingerprint density at radius 3 is 2.73 bits per heavy atom. The summed E-state index contributed by atoms with van der Waals surface area (Å²) in [4.78, 5) is 20.4. The summed E-state index contributed by atoms with van der Waals surface area (Å²) in [5, 5.41) is 5.01. The van der Waals surface area contributed by atoms with E-state index in [2.05, 4.69) is 30.1 Å². The van der Waals surface area contributed by atoms with Crippen LogP contribution in [0.2, 0.25) is 0 Å². The average molecular weight is 407 g/mol.